The highest BCUT2D eigenvalue weighted by Crippen LogP contribution is 2.28. The normalized spacial score (nSPS) is 11.4. The van der Waals surface area contributed by atoms with Gasteiger partial charge < -0.3 is 14.8 Å². The van der Waals surface area contributed by atoms with Gasteiger partial charge in [0.25, 0.3) is 5.91 Å². The molecule has 2 N–H and O–H groups in total. The van der Waals surface area contributed by atoms with Gasteiger partial charge in [0.15, 0.2) is 6.10 Å². The third-order valence-corrected chi connectivity index (χ3v) is 4.07. The molecular formula is C18H17Cl3N2O4. The second-order valence-corrected chi connectivity index (χ2v) is 6.67. The van der Waals surface area contributed by atoms with Gasteiger partial charge in [0.2, 0.25) is 0 Å². The van der Waals surface area contributed by atoms with E-state index in [0.29, 0.717) is 26.5 Å². The monoisotopic (exact) mass is 430 g/mol. The molecule has 0 fully saturated rings. The fraction of sp³-hybridized carbons (Fsp3) is 0.222. The van der Waals surface area contributed by atoms with Gasteiger partial charge in [-0.15, -0.1) is 0 Å². The summed E-state index contributed by atoms with van der Waals surface area (Å²) < 4.78 is 10.5. The second kappa shape index (κ2) is 10.3. The summed E-state index contributed by atoms with van der Waals surface area (Å²) in [5.74, 6) is -0.0231. The van der Waals surface area contributed by atoms with Crippen molar-refractivity contribution in [2.75, 3.05) is 18.5 Å². The van der Waals surface area contributed by atoms with Crippen molar-refractivity contribution in [3.8, 4) is 5.75 Å². The third-order valence-electron chi connectivity index (χ3n) is 3.29. The average molecular weight is 432 g/mol. The quantitative estimate of drug-likeness (QED) is 0.619. The molecule has 2 amide bonds. The molecule has 2 aromatic carbocycles. The summed E-state index contributed by atoms with van der Waals surface area (Å²) in [5.41, 5.74) is 0.551. The zero-order valence-electron chi connectivity index (χ0n) is 14.3. The fourth-order valence-electron chi connectivity index (χ4n) is 1.96. The molecule has 0 heterocycles. The Balaban J connectivity index is 1.68. The summed E-state index contributed by atoms with van der Waals surface area (Å²) in [6.07, 6.45) is -1.42. The fourth-order valence-corrected chi connectivity index (χ4v) is 2.54. The molecule has 0 aliphatic heterocycles. The number of anilines is 1. The Morgan fingerprint density at radius 2 is 1.70 bits per heavy atom. The molecule has 1 atom stereocenters. The largest absolute Gasteiger partial charge is 0.479 e. The molecule has 2 aromatic rings. The van der Waals surface area contributed by atoms with Gasteiger partial charge in [0, 0.05) is 15.7 Å². The van der Waals surface area contributed by atoms with Gasteiger partial charge in [-0.25, -0.2) is 4.79 Å². The van der Waals surface area contributed by atoms with Gasteiger partial charge in [-0.2, -0.15) is 0 Å². The molecule has 144 valence electrons. The van der Waals surface area contributed by atoms with E-state index in [1.165, 1.54) is 6.07 Å². The number of hydrogen-bond acceptors (Lipinski definition) is 4. The van der Waals surface area contributed by atoms with Crippen LogP contribution in [0.3, 0.4) is 0 Å². The van der Waals surface area contributed by atoms with Crippen LogP contribution < -0.4 is 15.4 Å². The maximum absolute atomic E-state index is 12.0. The molecule has 0 aromatic heterocycles. The van der Waals surface area contributed by atoms with Crippen LogP contribution in [-0.4, -0.2) is 31.3 Å². The van der Waals surface area contributed by atoms with Crippen molar-refractivity contribution in [2.24, 2.45) is 0 Å². The van der Waals surface area contributed by atoms with Crippen LogP contribution in [0.15, 0.2) is 42.5 Å². The molecule has 0 spiro atoms. The lowest BCUT2D eigenvalue weighted by Gasteiger charge is -2.15. The summed E-state index contributed by atoms with van der Waals surface area (Å²) in [4.78, 5) is 23.7. The van der Waals surface area contributed by atoms with Crippen molar-refractivity contribution < 1.29 is 19.1 Å². The molecular weight excluding hydrogens is 415 g/mol. The summed E-state index contributed by atoms with van der Waals surface area (Å²) in [7, 11) is 0. The highest BCUT2D eigenvalue weighted by Gasteiger charge is 2.16. The summed E-state index contributed by atoms with van der Waals surface area (Å²) in [5, 5.41) is 6.49. The van der Waals surface area contributed by atoms with Crippen molar-refractivity contribution in [1.29, 1.82) is 0 Å². The van der Waals surface area contributed by atoms with E-state index in [2.05, 4.69) is 10.6 Å². The number of nitrogens with one attached hydrogen (secondary N) is 2. The third kappa shape index (κ3) is 7.17. The van der Waals surface area contributed by atoms with E-state index < -0.39 is 12.2 Å². The number of ether oxygens (including phenoxy) is 2. The van der Waals surface area contributed by atoms with Crippen molar-refractivity contribution in [2.45, 2.75) is 13.0 Å². The van der Waals surface area contributed by atoms with E-state index in [-0.39, 0.29) is 19.1 Å². The minimum atomic E-state index is -0.786. The number of carbonyl (C=O) groups excluding carboxylic acids is 2. The van der Waals surface area contributed by atoms with E-state index in [0.717, 1.165) is 0 Å². The van der Waals surface area contributed by atoms with E-state index in [9.17, 15) is 9.59 Å². The maximum atomic E-state index is 12.0. The lowest BCUT2D eigenvalue weighted by atomic mass is 10.3. The first-order valence-electron chi connectivity index (χ1n) is 7.94. The van der Waals surface area contributed by atoms with Gasteiger partial charge in [-0.05, 0) is 49.4 Å². The van der Waals surface area contributed by atoms with Gasteiger partial charge in [-0.1, -0.05) is 34.8 Å². The number of amides is 2. The number of carbonyl (C=O) groups is 2. The minimum absolute atomic E-state index is 0.000413. The smallest absolute Gasteiger partial charge is 0.411 e. The number of halogens is 3. The molecule has 0 saturated heterocycles. The van der Waals surface area contributed by atoms with Crippen LogP contribution >= 0.6 is 34.8 Å². The van der Waals surface area contributed by atoms with E-state index >= 15 is 0 Å². The Labute approximate surface area is 171 Å². The first kappa shape index (κ1) is 21.2. The van der Waals surface area contributed by atoms with Crippen molar-refractivity contribution in [3.63, 3.8) is 0 Å². The molecule has 2 rings (SSSR count). The molecule has 0 unspecified atom stereocenters. The molecule has 0 bridgehead atoms. The zero-order chi connectivity index (χ0) is 19.8. The standard InChI is InChI=1S/C18H17Cl3N2O4/c1-11(27-16-7-4-13(20)10-15(16)21)17(24)22-8-9-26-18(25)23-14-5-2-12(19)3-6-14/h2-7,10-11H,8-9H2,1H3,(H,22,24)(H,23,25)/t11-/m0/s1. The first-order chi connectivity index (χ1) is 12.8. The number of rotatable bonds is 7. The van der Waals surface area contributed by atoms with E-state index in [1.54, 1.807) is 43.3 Å². The Kier molecular flexibility index (Phi) is 8.03. The molecule has 0 radical (unpaired) electrons. The SMILES string of the molecule is C[C@H](Oc1ccc(Cl)cc1Cl)C(=O)NCCOC(=O)Nc1ccc(Cl)cc1. The predicted octanol–water partition coefficient (Wildman–Crippen LogP) is 4.78. The molecule has 0 aliphatic rings. The maximum Gasteiger partial charge on any atom is 0.411 e. The van der Waals surface area contributed by atoms with Gasteiger partial charge in [-0.3, -0.25) is 10.1 Å². The highest BCUT2D eigenvalue weighted by atomic mass is 35.5. The van der Waals surface area contributed by atoms with Crippen LogP contribution in [0.2, 0.25) is 15.1 Å². The summed E-state index contributed by atoms with van der Waals surface area (Å²) in [6, 6.07) is 11.3. The van der Waals surface area contributed by atoms with E-state index in [4.69, 9.17) is 44.3 Å². The molecule has 0 aliphatic carbocycles. The van der Waals surface area contributed by atoms with Crippen LogP contribution in [0.25, 0.3) is 0 Å². The van der Waals surface area contributed by atoms with Crippen LogP contribution in [0.1, 0.15) is 6.92 Å². The second-order valence-electron chi connectivity index (χ2n) is 5.39. The van der Waals surface area contributed by atoms with Crippen LogP contribution in [0.5, 0.6) is 5.75 Å². The van der Waals surface area contributed by atoms with Crippen LogP contribution in [0, 0.1) is 0 Å². The predicted molar refractivity (Wildman–Crippen MR) is 106 cm³/mol. The Morgan fingerprint density at radius 1 is 1.04 bits per heavy atom. The van der Waals surface area contributed by atoms with Crippen LogP contribution in [0.4, 0.5) is 10.5 Å². The number of benzene rings is 2. The van der Waals surface area contributed by atoms with Crippen LogP contribution in [-0.2, 0) is 9.53 Å². The first-order valence-corrected chi connectivity index (χ1v) is 9.07. The number of hydrogen-bond donors (Lipinski definition) is 2. The topological polar surface area (TPSA) is 76.7 Å². The summed E-state index contributed by atoms with van der Waals surface area (Å²) >= 11 is 17.6. The van der Waals surface area contributed by atoms with Crippen molar-refractivity contribution >= 4 is 52.5 Å². The van der Waals surface area contributed by atoms with E-state index in [1.807, 2.05) is 0 Å². The average Bonchev–Trinajstić information content (AvgIpc) is 2.62. The van der Waals surface area contributed by atoms with Crippen molar-refractivity contribution in [3.05, 3.63) is 57.5 Å². The Hall–Kier alpha value is -2.15. The molecule has 6 nitrogen and oxygen atoms in total. The van der Waals surface area contributed by atoms with Gasteiger partial charge >= 0.3 is 6.09 Å². The van der Waals surface area contributed by atoms with Crippen molar-refractivity contribution in [1.82, 2.24) is 5.32 Å². The molecule has 9 heteroatoms. The zero-order valence-corrected chi connectivity index (χ0v) is 16.6. The Morgan fingerprint density at radius 3 is 2.37 bits per heavy atom. The minimum Gasteiger partial charge on any atom is -0.479 e. The van der Waals surface area contributed by atoms with Gasteiger partial charge in [0.1, 0.15) is 12.4 Å². The van der Waals surface area contributed by atoms with Gasteiger partial charge in [0.05, 0.1) is 11.6 Å². The highest BCUT2D eigenvalue weighted by molar-refractivity contribution is 6.35. The summed E-state index contributed by atoms with van der Waals surface area (Å²) in [6.45, 7) is 1.71. The lowest BCUT2D eigenvalue weighted by molar-refractivity contribution is -0.127. The molecule has 27 heavy (non-hydrogen) atoms. The molecule has 0 saturated carbocycles. The Bertz CT molecular complexity index is 800. The lowest BCUT2D eigenvalue weighted by Crippen LogP contribution is -2.38.